The minimum absolute atomic E-state index is 0.0487. The van der Waals surface area contributed by atoms with Crippen LogP contribution in [0.15, 0.2) is 84.9 Å². The zero-order chi connectivity index (χ0) is 21.9. The summed E-state index contributed by atoms with van der Waals surface area (Å²) in [6, 6.07) is 23.3. The number of carbonyl (C=O) groups excluding carboxylic acids is 1. The van der Waals surface area contributed by atoms with Crippen molar-refractivity contribution in [1.82, 2.24) is 0 Å². The summed E-state index contributed by atoms with van der Waals surface area (Å²) in [5.74, 6) is -2.17. The van der Waals surface area contributed by atoms with Gasteiger partial charge < -0.3 is 20.1 Å². The quantitative estimate of drug-likeness (QED) is 0.422. The summed E-state index contributed by atoms with van der Waals surface area (Å²) in [5.41, 5.74) is 1.53. The second-order valence-corrected chi connectivity index (χ2v) is 6.12. The van der Waals surface area contributed by atoms with Crippen LogP contribution in [-0.2, 0) is 16.0 Å². The summed E-state index contributed by atoms with van der Waals surface area (Å²) in [6.45, 7) is 0. The molecule has 0 fully saturated rings. The molecule has 0 aliphatic heterocycles. The van der Waals surface area contributed by atoms with Crippen LogP contribution < -0.4 is 4.74 Å². The number of hydrogen-bond donors (Lipinski definition) is 3. The maximum atomic E-state index is 11.8. The molecule has 0 radical (unpaired) electrons. The number of rotatable bonds is 6. The highest BCUT2D eigenvalue weighted by molar-refractivity contribution is 5.90. The zero-order valence-electron chi connectivity index (χ0n) is 15.8. The standard InChI is InChI=1S/C15H12O4.C8H8O3/c16-14(17)10-11-6-8-13(9-7-11)19-15(18)12-4-2-1-3-5-12;9-7(8(10)11)6-4-2-1-3-5-6/h1-9H,10H2,(H,16,17);1-5,7,9H,(H,10,11). The molecule has 3 rings (SSSR count). The third-order valence-electron chi connectivity index (χ3n) is 3.85. The van der Waals surface area contributed by atoms with Gasteiger partial charge in [-0.25, -0.2) is 9.59 Å². The van der Waals surface area contributed by atoms with Gasteiger partial charge in [-0.3, -0.25) is 4.79 Å². The van der Waals surface area contributed by atoms with Crippen molar-refractivity contribution in [2.45, 2.75) is 12.5 Å². The molecular weight excluding hydrogens is 388 g/mol. The van der Waals surface area contributed by atoms with Crippen LogP contribution in [0.1, 0.15) is 27.6 Å². The first-order valence-electron chi connectivity index (χ1n) is 8.90. The van der Waals surface area contributed by atoms with E-state index in [0.717, 1.165) is 0 Å². The van der Waals surface area contributed by atoms with Crippen LogP contribution in [0.5, 0.6) is 5.75 Å². The minimum atomic E-state index is -1.41. The highest BCUT2D eigenvalue weighted by Gasteiger charge is 2.14. The number of aliphatic hydroxyl groups excluding tert-OH is 1. The van der Waals surface area contributed by atoms with Crippen LogP contribution in [0.2, 0.25) is 0 Å². The van der Waals surface area contributed by atoms with E-state index in [4.69, 9.17) is 20.1 Å². The number of esters is 1. The Hall–Kier alpha value is -3.97. The lowest BCUT2D eigenvalue weighted by Gasteiger charge is -2.04. The summed E-state index contributed by atoms with van der Waals surface area (Å²) in [4.78, 5) is 32.5. The second kappa shape index (κ2) is 11.1. The molecule has 1 unspecified atom stereocenters. The monoisotopic (exact) mass is 408 g/mol. The Kier molecular flexibility index (Phi) is 8.28. The number of aliphatic hydroxyl groups is 1. The van der Waals surface area contributed by atoms with Crippen LogP contribution in [0.25, 0.3) is 0 Å². The first-order valence-corrected chi connectivity index (χ1v) is 8.90. The highest BCUT2D eigenvalue weighted by atomic mass is 16.5. The lowest BCUT2D eigenvalue weighted by Crippen LogP contribution is -2.09. The van der Waals surface area contributed by atoms with Crippen molar-refractivity contribution < 1.29 is 34.4 Å². The van der Waals surface area contributed by atoms with Gasteiger partial charge in [0.15, 0.2) is 6.10 Å². The van der Waals surface area contributed by atoms with Crippen LogP contribution >= 0.6 is 0 Å². The summed E-state index contributed by atoms with van der Waals surface area (Å²) < 4.78 is 5.17. The molecular formula is C23H20O7. The van der Waals surface area contributed by atoms with Crippen molar-refractivity contribution >= 4 is 17.9 Å². The molecule has 7 nitrogen and oxygen atoms in total. The van der Waals surface area contributed by atoms with Crippen molar-refractivity contribution in [3.63, 3.8) is 0 Å². The van der Waals surface area contributed by atoms with Crippen LogP contribution in [0.3, 0.4) is 0 Å². The fourth-order valence-electron chi connectivity index (χ4n) is 2.37. The molecule has 0 saturated heterocycles. The smallest absolute Gasteiger partial charge is 0.343 e. The molecule has 0 bridgehead atoms. The van der Waals surface area contributed by atoms with Gasteiger partial charge in [-0.05, 0) is 35.4 Å². The van der Waals surface area contributed by atoms with Crippen molar-refractivity contribution in [2.75, 3.05) is 0 Å². The molecule has 0 saturated carbocycles. The van der Waals surface area contributed by atoms with E-state index in [2.05, 4.69) is 0 Å². The van der Waals surface area contributed by atoms with E-state index >= 15 is 0 Å². The summed E-state index contributed by atoms with van der Waals surface area (Å²) in [7, 11) is 0. The van der Waals surface area contributed by atoms with Crippen molar-refractivity contribution in [3.8, 4) is 5.75 Å². The third-order valence-corrected chi connectivity index (χ3v) is 3.85. The SMILES string of the molecule is O=C(O)C(O)c1ccccc1.O=C(O)Cc1ccc(OC(=O)c2ccccc2)cc1. The number of carbonyl (C=O) groups is 3. The Bertz CT molecular complexity index is 967. The predicted octanol–water partition coefficient (Wildman–Crippen LogP) is 3.34. The predicted molar refractivity (Wildman–Crippen MR) is 108 cm³/mol. The Morgan fingerprint density at radius 1 is 0.767 bits per heavy atom. The topological polar surface area (TPSA) is 121 Å². The number of hydrogen-bond acceptors (Lipinski definition) is 5. The Morgan fingerprint density at radius 2 is 1.30 bits per heavy atom. The maximum Gasteiger partial charge on any atom is 0.343 e. The van der Waals surface area contributed by atoms with Gasteiger partial charge in [0.1, 0.15) is 5.75 Å². The van der Waals surface area contributed by atoms with Gasteiger partial charge in [0.05, 0.1) is 12.0 Å². The Labute approximate surface area is 172 Å². The largest absolute Gasteiger partial charge is 0.481 e. The van der Waals surface area contributed by atoms with Gasteiger partial charge >= 0.3 is 17.9 Å². The number of carboxylic acid groups (broad SMARTS) is 2. The normalized spacial score (nSPS) is 10.8. The lowest BCUT2D eigenvalue weighted by molar-refractivity contribution is -0.147. The van der Waals surface area contributed by atoms with Gasteiger partial charge in [-0.2, -0.15) is 0 Å². The maximum absolute atomic E-state index is 11.8. The van der Waals surface area contributed by atoms with E-state index in [1.165, 1.54) is 0 Å². The number of carboxylic acids is 2. The first-order chi connectivity index (χ1) is 14.4. The highest BCUT2D eigenvalue weighted by Crippen LogP contribution is 2.15. The van der Waals surface area contributed by atoms with Gasteiger partial charge in [-0.15, -0.1) is 0 Å². The fourth-order valence-corrected chi connectivity index (χ4v) is 2.37. The number of aliphatic carboxylic acids is 2. The molecule has 0 aromatic heterocycles. The molecule has 154 valence electrons. The Balaban J connectivity index is 0.000000248. The van der Waals surface area contributed by atoms with E-state index < -0.39 is 24.0 Å². The lowest BCUT2D eigenvalue weighted by atomic mass is 10.1. The van der Waals surface area contributed by atoms with Gasteiger partial charge in [0.2, 0.25) is 0 Å². The average molecular weight is 408 g/mol. The molecule has 0 spiro atoms. The van der Waals surface area contributed by atoms with E-state index in [-0.39, 0.29) is 6.42 Å². The molecule has 1 atom stereocenters. The van der Waals surface area contributed by atoms with Crippen LogP contribution in [0.4, 0.5) is 0 Å². The number of benzene rings is 3. The van der Waals surface area contributed by atoms with Gasteiger partial charge in [0, 0.05) is 0 Å². The molecule has 0 aliphatic rings. The Morgan fingerprint density at radius 3 is 1.80 bits per heavy atom. The van der Waals surface area contributed by atoms with Crippen LogP contribution in [-0.4, -0.2) is 33.2 Å². The van der Waals surface area contributed by atoms with Crippen LogP contribution in [0, 0.1) is 0 Å². The molecule has 3 aromatic carbocycles. The first kappa shape index (κ1) is 22.3. The van der Waals surface area contributed by atoms with E-state index in [0.29, 0.717) is 22.4 Å². The van der Waals surface area contributed by atoms with Crippen molar-refractivity contribution in [2.24, 2.45) is 0 Å². The molecule has 3 aromatic rings. The van der Waals surface area contributed by atoms with Gasteiger partial charge in [-0.1, -0.05) is 60.7 Å². The van der Waals surface area contributed by atoms with E-state index in [9.17, 15) is 14.4 Å². The van der Waals surface area contributed by atoms with E-state index in [1.54, 1.807) is 78.9 Å². The zero-order valence-corrected chi connectivity index (χ0v) is 15.8. The molecule has 30 heavy (non-hydrogen) atoms. The minimum Gasteiger partial charge on any atom is -0.481 e. The molecule has 7 heteroatoms. The van der Waals surface area contributed by atoms with E-state index in [1.807, 2.05) is 6.07 Å². The fraction of sp³-hybridized carbons (Fsp3) is 0.0870. The molecule has 0 heterocycles. The van der Waals surface area contributed by atoms with Crippen molar-refractivity contribution in [3.05, 3.63) is 102 Å². The summed E-state index contributed by atoms with van der Waals surface area (Å²) in [6.07, 6.45) is -1.45. The summed E-state index contributed by atoms with van der Waals surface area (Å²) in [5, 5.41) is 26.0. The molecule has 0 amide bonds. The van der Waals surface area contributed by atoms with Gasteiger partial charge in [0.25, 0.3) is 0 Å². The summed E-state index contributed by atoms with van der Waals surface area (Å²) >= 11 is 0. The van der Waals surface area contributed by atoms with Crippen molar-refractivity contribution in [1.29, 1.82) is 0 Å². The molecule has 3 N–H and O–H groups in total. The molecule has 0 aliphatic carbocycles. The number of ether oxygens (including phenoxy) is 1. The second-order valence-electron chi connectivity index (χ2n) is 6.12. The third kappa shape index (κ3) is 7.21. The average Bonchev–Trinajstić information content (AvgIpc) is 2.76.